The predicted molar refractivity (Wildman–Crippen MR) is 139 cm³/mol. The maximum Gasteiger partial charge on any atom is 0.338 e. The molecule has 0 saturated heterocycles. The van der Waals surface area contributed by atoms with Crippen LogP contribution < -0.4 is 5.32 Å². The van der Waals surface area contributed by atoms with Gasteiger partial charge in [0.15, 0.2) is 6.61 Å². The van der Waals surface area contributed by atoms with Crippen LogP contribution in [-0.2, 0) is 9.53 Å². The minimum absolute atomic E-state index is 0.265. The summed E-state index contributed by atoms with van der Waals surface area (Å²) in [5.41, 5.74) is 4.74. The molecule has 0 aliphatic carbocycles. The van der Waals surface area contributed by atoms with Crippen molar-refractivity contribution in [3.05, 3.63) is 108 Å². The van der Waals surface area contributed by atoms with Crippen LogP contribution in [0.1, 0.15) is 10.4 Å². The summed E-state index contributed by atoms with van der Waals surface area (Å²) in [5, 5.41) is 2.99. The minimum Gasteiger partial charge on any atom is -0.452 e. The van der Waals surface area contributed by atoms with Crippen molar-refractivity contribution >= 4 is 40.3 Å². The Kier molecular flexibility index (Phi) is 6.64. The number of carbonyl (C=O) groups excluding carboxylic acids is 2. The molecule has 0 radical (unpaired) electrons. The topological polar surface area (TPSA) is 94.1 Å². The van der Waals surface area contributed by atoms with Gasteiger partial charge < -0.3 is 10.1 Å². The summed E-state index contributed by atoms with van der Waals surface area (Å²) in [6, 6.07) is 27.7. The van der Waals surface area contributed by atoms with Gasteiger partial charge in [-0.25, -0.2) is 19.7 Å². The zero-order valence-electron chi connectivity index (χ0n) is 18.9. The number of pyridine rings is 1. The van der Waals surface area contributed by atoms with Crippen LogP contribution in [0.15, 0.2) is 97.2 Å². The van der Waals surface area contributed by atoms with Gasteiger partial charge in [0.2, 0.25) is 0 Å². The van der Waals surface area contributed by atoms with Crippen LogP contribution in [0, 0.1) is 0 Å². The largest absolute Gasteiger partial charge is 0.452 e. The third-order valence-corrected chi connectivity index (χ3v) is 5.55. The summed E-state index contributed by atoms with van der Waals surface area (Å²) in [6.07, 6.45) is 1.41. The Morgan fingerprint density at radius 3 is 2.03 bits per heavy atom. The zero-order valence-corrected chi connectivity index (χ0v) is 19.6. The summed E-state index contributed by atoms with van der Waals surface area (Å²) in [5.74, 6) is -0.854. The molecule has 1 amide bonds. The Bertz CT molecular complexity index is 1540. The number of carbonyl (C=O) groups is 2. The van der Waals surface area contributed by atoms with Crippen molar-refractivity contribution < 1.29 is 14.3 Å². The quantitative estimate of drug-likeness (QED) is 0.299. The standard InChI is InChI=1S/C28H19ClN4O3/c29-21-12-14-24(30-16-21)33-25(34)17-36-28(35)20-11-13-22-23(15-20)32-27(19-9-5-2-6-10-19)26(31-22)18-7-3-1-4-8-18/h1-16H,17H2,(H,30,33,34). The third kappa shape index (κ3) is 5.21. The molecule has 2 heterocycles. The molecule has 0 bridgehead atoms. The molecule has 7 nitrogen and oxygen atoms in total. The lowest BCUT2D eigenvalue weighted by atomic mass is 10.0. The van der Waals surface area contributed by atoms with Crippen molar-refractivity contribution in [3.63, 3.8) is 0 Å². The third-order valence-electron chi connectivity index (χ3n) is 5.32. The number of nitrogens with one attached hydrogen (secondary N) is 1. The summed E-state index contributed by atoms with van der Waals surface area (Å²) in [7, 11) is 0. The summed E-state index contributed by atoms with van der Waals surface area (Å²) in [4.78, 5) is 38.5. The molecule has 5 rings (SSSR count). The molecule has 0 spiro atoms. The monoisotopic (exact) mass is 494 g/mol. The zero-order chi connectivity index (χ0) is 24.9. The minimum atomic E-state index is -0.647. The van der Waals surface area contributed by atoms with E-state index in [9.17, 15) is 9.59 Å². The smallest absolute Gasteiger partial charge is 0.338 e. The summed E-state index contributed by atoms with van der Waals surface area (Å²) >= 11 is 5.79. The number of halogens is 1. The Hall–Kier alpha value is -4.62. The highest BCUT2D eigenvalue weighted by atomic mass is 35.5. The molecule has 0 atom stereocenters. The molecule has 0 saturated carbocycles. The summed E-state index contributed by atoms with van der Waals surface area (Å²) in [6.45, 7) is -0.463. The number of anilines is 1. The highest BCUT2D eigenvalue weighted by Crippen LogP contribution is 2.31. The van der Waals surface area contributed by atoms with E-state index >= 15 is 0 Å². The Morgan fingerprint density at radius 2 is 1.42 bits per heavy atom. The van der Waals surface area contributed by atoms with E-state index in [2.05, 4.69) is 10.3 Å². The predicted octanol–water partition coefficient (Wildman–Crippen LogP) is 5.81. The van der Waals surface area contributed by atoms with Crippen molar-refractivity contribution in [1.29, 1.82) is 0 Å². The van der Waals surface area contributed by atoms with Crippen molar-refractivity contribution in [3.8, 4) is 22.5 Å². The number of ether oxygens (including phenoxy) is 1. The second-order valence-corrected chi connectivity index (χ2v) is 8.28. The molecule has 3 aromatic carbocycles. The molecule has 0 aliphatic rings. The van der Waals surface area contributed by atoms with Crippen molar-refractivity contribution in [2.24, 2.45) is 0 Å². The fraction of sp³-hybridized carbons (Fsp3) is 0.0357. The number of rotatable bonds is 6. The number of fused-ring (bicyclic) bond motifs is 1. The van der Waals surface area contributed by atoms with E-state index in [1.54, 1.807) is 30.3 Å². The number of hydrogen-bond acceptors (Lipinski definition) is 6. The lowest BCUT2D eigenvalue weighted by Crippen LogP contribution is -2.21. The van der Waals surface area contributed by atoms with E-state index in [4.69, 9.17) is 26.3 Å². The first-order valence-electron chi connectivity index (χ1n) is 11.1. The average molecular weight is 495 g/mol. The second-order valence-electron chi connectivity index (χ2n) is 7.84. The molecule has 2 aromatic heterocycles. The van der Waals surface area contributed by atoms with Gasteiger partial charge >= 0.3 is 5.97 Å². The van der Waals surface area contributed by atoms with E-state index < -0.39 is 18.5 Å². The first kappa shape index (κ1) is 23.1. The van der Waals surface area contributed by atoms with Crippen LogP contribution in [0.3, 0.4) is 0 Å². The van der Waals surface area contributed by atoms with Gasteiger partial charge in [-0.2, -0.15) is 0 Å². The van der Waals surface area contributed by atoms with Gasteiger partial charge in [-0.3, -0.25) is 4.79 Å². The van der Waals surface area contributed by atoms with Crippen LogP contribution in [0.5, 0.6) is 0 Å². The van der Waals surface area contributed by atoms with Gasteiger partial charge in [0.05, 0.1) is 33.0 Å². The summed E-state index contributed by atoms with van der Waals surface area (Å²) < 4.78 is 5.19. The number of nitrogens with zero attached hydrogens (tertiary/aromatic N) is 3. The molecule has 36 heavy (non-hydrogen) atoms. The maximum atomic E-state index is 12.6. The number of esters is 1. The second kappa shape index (κ2) is 10.3. The van der Waals surface area contributed by atoms with Crippen LogP contribution >= 0.6 is 11.6 Å². The normalized spacial score (nSPS) is 10.7. The molecule has 1 N–H and O–H groups in total. The van der Waals surface area contributed by atoms with Crippen LogP contribution in [0.4, 0.5) is 5.82 Å². The van der Waals surface area contributed by atoms with Crippen LogP contribution in [0.2, 0.25) is 5.02 Å². The molecule has 176 valence electrons. The Morgan fingerprint density at radius 1 is 0.778 bits per heavy atom. The van der Waals surface area contributed by atoms with E-state index in [-0.39, 0.29) is 5.56 Å². The average Bonchev–Trinajstić information content (AvgIpc) is 2.93. The molecule has 0 fully saturated rings. The SMILES string of the molecule is O=C(COC(=O)c1ccc2nc(-c3ccccc3)c(-c3ccccc3)nc2c1)Nc1ccc(Cl)cn1. The molecule has 0 unspecified atom stereocenters. The number of hydrogen-bond donors (Lipinski definition) is 1. The van der Waals surface area contributed by atoms with Gasteiger partial charge in [0.25, 0.3) is 5.91 Å². The van der Waals surface area contributed by atoms with E-state index in [0.717, 1.165) is 16.8 Å². The molecule has 5 aromatic rings. The van der Waals surface area contributed by atoms with Gasteiger partial charge in [-0.05, 0) is 30.3 Å². The van der Waals surface area contributed by atoms with Gasteiger partial charge in [-0.15, -0.1) is 0 Å². The highest BCUT2D eigenvalue weighted by molar-refractivity contribution is 6.30. The van der Waals surface area contributed by atoms with Crippen molar-refractivity contribution in [2.75, 3.05) is 11.9 Å². The van der Waals surface area contributed by atoms with Gasteiger partial charge in [0.1, 0.15) is 5.82 Å². The first-order valence-corrected chi connectivity index (χ1v) is 11.5. The number of benzene rings is 3. The van der Waals surface area contributed by atoms with Crippen molar-refractivity contribution in [1.82, 2.24) is 15.0 Å². The lowest BCUT2D eigenvalue weighted by molar-refractivity contribution is -0.119. The van der Waals surface area contributed by atoms with Crippen LogP contribution in [-0.4, -0.2) is 33.4 Å². The maximum absolute atomic E-state index is 12.6. The van der Waals surface area contributed by atoms with Gasteiger partial charge in [-0.1, -0.05) is 72.3 Å². The fourth-order valence-corrected chi connectivity index (χ4v) is 3.73. The van der Waals surface area contributed by atoms with Crippen molar-refractivity contribution in [2.45, 2.75) is 0 Å². The van der Waals surface area contributed by atoms with E-state index in [0.29, 0.717) is 27.6 Å². The highest BCUT2D eigenvalue weighted by Gasteiger charge is 2.16. The molecule has 8 heteroatoms. The molecule has 0 aliphatic heterocycles. The Balaban J connectivity index is 1.40. The molecular weight excluding hydrogens is 476 g/mol. The van der Waals surface area contributed by atoms with Crippen LogP contribution in [0.25, 0.3) is 33.5 Å². The number of aromatic nitrogens is 3. The van der Waals surface area contributed by atoms with E-state index in [1.165, 1.54) is 6.20 Å². The Labute approximate surface area is 211 Å². The first-order chi connectivity index (χ1) is 17.6. The fourth-order valence-electron chi connectivity index (χ4n) is 3.62. The number of amides is 1. The van der Waals surface area contributed by atoms with Gasteiger partial charge in [0, 0.05) is 17.3 Å². The lowest BCUT2D eigenvalue weighted by Gasteiger charge is -2.11. The molecular formula is C28H19ClN4O3. The van der Waals surface area contributed by atoms with E-state index in [1.807, 2.05) is 60.7 Å².